The van der Waals surface area contributed by atoms with Crippen LogP contribution in [0.1, 0.15) is 18.5 Å². The highest BCUT2D eigenvalue weighted by molar-refractivity contribution is 6.02. The number of rotatable bonds is 5. The normalized spacial score (nSPS) is 15.8. The number of anilines is 2. The number of amides is 1. The van der Waals surface area contributed by atoms with E-state index in [1.807, 2.05) is 73.7 Å². The average molecular weight is 454 g/mol. The molecule has 0 saturated carbocycles. The molecule has 0 spiro atoms. The number of piperidine rings is 1. The van der Waals surface area contributed by atoms with Crippen LogP contribution in [0, 0.1) is 12.8 Å². The van der Waals surface area contributed by atoms with Gasteiger partial charge in [-0.2, -0.15) is 0 Å². The molecule has 5 rings (SSSR count). The number of carbonyl (C=O) groups is 1. The molecule has 4 aromatic rings. The zero-order chi connectivity index (χ0) is 23.5. The number of ether oxygens (including phenoxy) is 1. The fourth-order valence-electron chi connectivity index (χ4n) is 4.45. The molecule has 7 nitrogen and oxygen atoms in total. The van der Waals surface area contributed by atoms with Crippen molar-refractivity contribution in [2.24, 2.45) is 5.92 Å². The largest absolute Gasteiger partial charge is 0.497 e. The summed E-state index contributed by atoms with van der Waals surface area (Å²) in [6.45, 7) is 3.42. The molecule has 0 bridgehead atoms. The van der Waals surface area contributed by atoms with Gasteiger partial charge in [0.2, 0.25) is 5.91 Å². The number of methoxy groups -OCH3 is 1. The minimum Gasteiger partial charge on any atom is -0.497 e. The van der Waals surface area contributed by atoms with Gasteiger partial charge in [0, 0.05) is 29.7 Å². The Kier molecular flexibility index (Phi) is 6.08. The number of aryl methyl sites for hydroxylation is 1. The van der Waals surface area contributed by atoms with Crippen LogP contribution in [-0.4, -0.2) is 41.3 Å². The van der Waals surface area contributed by atoms with Crippen LogP contribution in [0.4, 0.5) is 11.5 Å². The number of hydrogen-bond acceptors (Lipinski definition) is 6. The summed E-state index contributed by atoms with van der Waals surface area (Å²) in [6, 6.07) is 21.5. The highest BCUT2D eigenvalue weighted by atomic mass is 16.5. The lowest BCUT2D eigenvalue weighted by Gasteiger charge is -2.32. The van der Waals surface area contributed by atoms with Crippen LogP contribution in [0.3, 0.4) is 0 Å². The minimum absolute atomic E-state index is 0.0308. The summed E-state index contributed by atoms with van der Waals surface area (Å²) < 4.78 is 5.22. The molecule has 1 saturated heterocycles. The number of aromatic nitrogens is 3. The van der Waals surface area contributed by atoms with E-state index in [4.69, 9.17) is 4.74 Å². The Hall–Kier alpha value is -4.00. The van der Waals surface area contributed by atoms with E-state index < -0.39 is 0 Å². The predicted molar refractivity (Wildman–Crippen MR) is 134 cm³/mol. The first-order valence-electron chi connectivity index (χ1n) is 11.5. The quantitative estimate of drug-likeness (QED) is 0.465. The molecule has 0 radical (unpaired) electrons. The van der Waals surface area contributed by atoms with Crippen LogP contribution in [-0.2, 0) is 4.79 Å². The molecule has 0 aliphatic carbocycles. The number of nitrogens with one attached hydrogen (secondary N) is 1. The Bertz CT molecular complexity index is 1310. The van der Waals surface area contributed by atoms with Gasteiger partial charge in [0.05, 0.1) is 29.9 Å². The number of carbonyl (C=O) groups excluding carboxylic acids is 1. The second kappa shape index (κ2) is 9.47. The standard InChI is InChI=1S/C27H27N5O2/c1-18-16-25(22-7-3-4-8-24(22)28-18)29-27(33)20-6-5-15-32(17-20)26-14-13-23(30-31-26)19-9-11-21(34-2)12-10-19/h3-4,7-14,16,20H,5-6,15,17H2,1-2H3,(H,28,29,33). The van der Waals surface area contributed by atoms with Gasteiger partial charge in [-0.15, -0.1) is 10.2 Å². The van der Waals surface area contributed by atoms with Crippen molar-refractivity contribution in [3.63, 3.8) is 0 Å². The van der Waals surface area contributed by atoms with Crippen LogP contribution >= 0.6 is 0 Å². The Morgan fingerprint density at radius 2 is 1.88 bits per heavy atom. The van der Waals surface area contributed by atoms with Crippen molar-refractivity contribution in [3.05, 3.63) is 72.4 Å². The zero-order valence-electron chi connectivity index (χ0n) is 19.4. The third-order valence-electron chi connectivity index (χ3n) is 6.25. The first-order valence-corrected chi connectivity index (χ1v) is 11.5. The summed E-state index contributed by atoms with van der Waals surface area (Å²) in [7, 11) is 1.65. The summed E-state index contributed by atoms with van der Waals surface area (Å²) in [6.07, 6.45) is 1.78. The number of fused-ring (bicyclic) bond motifs is 1. The van der Waals surface area contributed by atoms with E-state index in [-0.39, 0.29) is 11.8 Å². The monoisotopic (exact) mass is 453 g/mol. The van der Waals surface area contributed by atoms with Gasteiger partial charge < -0.3 is 15.0 Å². The van der Waals surface area contributed by atoms with E-state index in [2.05, 4.69) is 25.4 Å². The second-order valence-corrected chi connectivity index (χ2v) is 8.61. The molecule has 2 aromatic carbocycles. The molecule has 1 amide bonds. The maximum absolute atomic E-state index is 13.2. The number of pyridine rings is 1. The summed E-state index contributed by atoms with van der Waals surface area (Å²) in [5, 5.41) is 13.0. The molecule has 1 aliphatic rings. The van der Waals surface area contributed by atoms with E-state index in [0.29, 0.717) is 6.54 Å². The van der Waals surface area contributed by atoms with Gasteiger partial charge >= 0.3 is 0 Å². The summed E-state index contributed by atoms with van der Waals surface area (Å²) in [5.41, 5.74) is 4.36. The predicted octanol–water partition coefficient (Wildman–Crippen LogP) is 4.86. The van der Waals surface area contributed by atoms with Crippen molar-refractivity contribution >= 4 is 28.3 Å². The van der Waals surface area contributed by atoms with Crippen LogP contribution in [0.25, 0.3) is 22.2 Å². The number of nitrogens with zero attached hydrogens (tertiary/aromatic N) is 4. The van der Waals surface area contributed by atoms with Crippen molar-refractivity contribution in [3.8, 4) is 17.0 Å². The third kappa shape index (κ3) is 4.55. The highest BCUT2D eigenvalue weighted by Crippen LogP contribution is 2.27. The van der Waals surface area contributed by atoms with Gasteiger partial charge in [0.15, 0.2) is 5.82 Å². The molecule has 3 heterocycles. The minimum atomic E-state index is -0.121. The van der Waals surface area contributed by atoms with Crippen LogP contribution in [0.2, 0.25) is 0 Å². The van der Waals surface area contributed by atoms with Crippen molar-refractivity contribution in [1.82, 2.24) is 15.2 Å². The molecule has 172 valence electrons. The van der Waals surface area contributed by atoms with E-state index in [1.54, 1.807) is 7.11 Å². The Morgan fingerprint density at radius 1 is 1.06 bits per heavy atom. The molecule has 2 aromatic heterocycles. The Morgan fingerprint density at radius 3 is 2.65 bits per heavy atom. The first kappa shape index (κ1) is 21.8. The SMILES string of the molecule is COc1ccc(-c2ccc(N3CCCC(C(=O)Nc4cc(C)nc5ccccc45)C3)nn2)cc1. The van der Waals surface area contributed by atoms with E-state index in [0.717, 1.165) is 64.5 Å². The number of para-hydroxylation sites is 1. The van der Waals surface area contributed by atoms with Crippen LogP contribution in [0.5, 0.6) is 5.75 Å². The summed E-state index contributed by atoms with van der Waals surface area (Å²) in [5.74, 6) is 1.51. The van der Waals surface area contributed by atoms with Crippen molar-refractivity contribution in [1.29, 1.82) is 0 Å². The Labute approximate surface area is 198 Å². The van der Waals surface area contributed by atoms with Gasteiger partial charge in [-0.25, -0.2) is 0 Å². The lowest BCUT2D eigenvalue weighted by atomic mass is 9.96. The van der Waals surface area contributed by atoms with Gasteiger partial charge in [-0.3, -0.25) is 9.78 Å². The Balaban J connectivity index is 1.29. The molecule has 1 N–H and O–H groups in total. The van der Waals surface area contributed by atoms with Gasteiger partial charge in [-0.05, 0) is 68.3 Å². The summed E-state index contributed by atoms with van der Waals surface area (Å²) in [4.78, 5) is 19.9. The van der Waals surface area contributed by atoms with Crippen LogP contribution in [0.15, 0.2) is 66.7 Å². The average Bonchev–Trinajstić information content (AvgIpc) is 2.89. The molecule has 1 fully saturated rings. The number of hydrogen-bond donors (Lipinski definition) is 1. The first-order chi connectivity index (χ1) is 16.6. The second-order valence-electron chi connectivity index (χ2n) is 8.61. The topological polar surface area (TPSA) is 80.2 Å². The van der Waals surface area contributed by atoms with E-state index in [1.165, 1.54) is 0 Å². The van der Waals surface area contributed by atoms with Gasteiger partial charge in [0.25, 0.3) is 0 Å². The van der Waals surface area contributed by atoms with Crippen LogP contribution < -0.4 is 15.0 Å². The molecule has 7 heteroatoms. The maximum Gasteiger partial charge on any atom is 0.229 e. The van der Waals surface area contributed by atoms with Gasteiger partial charge in [-0.1, -0.05) is 18.2 Å². The van der Waals surface area contributed by atoms with Crippen molar-refractivity contribution in [2.45, 2.75) is 19.8 Å². The van der Waals surface area contributed by atoms with Crippen molar-refractivity contribution < 1.29 is 9.53 Å². The molecule has 1 aliphatic heterocycles. The third-order valence-corrected chi connectivity index (χ3v) is 6.25. The number of benzene rings is 2. The van der Waals surface area contributed by atoms with Crippen molar-refractivity contribution in [2.75, 3.05) is 30.4 Å². The molecular formula is C27H27N5O2. The zero-order valence-corrected chi connectivity index (χ0v) is 19.4. The smallest absolute Gasteiger partial charge is 0.229 e. The molecular weight excluding hydrogens is 426 g/mol. The summed E-state index contributed by atoms with van der Waals surface area (Å²) >= 11 is 0. The van der Waals surface area contributed by atoms with E-state index >= 15 is 0 Å². The fraction of sp³-hybridized carbons (Fsp3) is 0.259. The molecule has 34 heavy (non-hydrogen) atoms. The van der Waals surface area contributed by atoms with Gasteiger partial charge in [0.1, 0.15) is 5.75 Å². The highest BCUT2D eigenvalue weighted by Gasteiger charge is 2.27. The lowest BCUT2D eigenvalue weighted by Crippen LogP contribution is -2.41. The maximum atomic E-state index is 13.2. The van der Waals surface area contributed by atoms with E-state index in [9.17, 15) is 4.79 Å². The molecule has 1 atom stereocenters. The fourth-order valence-corrected chi connectivity index (χ4v) is 4.45. The molecule has 1 unspecified atom stereocenters. The lowest BCUT2D eigenvalue weighted by molar-refractivity contribution is -0.120.